The van der Waals surface area contributed by atoms with Crippen molar-refractivity contribution in [2.24, 2.45) is 5.92 Å². The normalized spacial score (nSPS) is 17.8. The average Bonchev–Trinajstić information content (AvgIpc) is 3.08. The van der Waals surface area contributed by atoms with Gasteiger partial charge in [0.15, 0.2) is 0 Å². The van der Waals surface area contributed by atoms with Crippen molar-refractivity contribution in [3.8, 4) is 0 Å². The zero-order chi connectivity index (χ0) is 17.6. The predicted molar refractivity (Wildman–Crippen MR) is 96.1 cm³/mol. The molecule has 6 heteroatoms. The summed E-state index contributed by atoms with van der Waals surface area (Å²) in [5.41, 5.74) is 1.54. The Kier molecular flexibility index (Phi) is 5.71. The first kappa shape index (κ1) is 17.5. The molecule has 0 spiro atoms. The van der Waals surface area contributed by atoms with Gasteiger partial charge in [0.25, 0.3) is 5.91 Å². The Bertz CT molecular complexity index is 704. The molecular weight excluding hydrogens is 314 g/mol. The van der Waals surface area contributed by atoms with E-state index in [2.05, 4.69) is 31.2 Å². The number of carbonyl (C=O) groups excluding carboxylic acids is 1. The maximum atomic E-state index is 12.3. The number of aromatic nitrogens is 3. The van der Waals surface area contributed by atoms with E-state index in [1.54, 1.807) is 12.3 Å². The van der Waals surface area contributed by atoms with Crippen molar-refractivity contribution in [3.63, 3.8) is 0 Å². The molecule has 2 aromatic heterocycles. The van der Waals surface area contributed by atoms with Crippen LogP contribution in [0.3, 0.4) is 0 Å². The lowest BCUT2D eigenvalue weighted by molar-refractivity contribution is 0.0941. The van der Waals surface area contributed by atoms with E-state index in [-0.39, 0.29) is 11.8 Å². The fourth-order valence-corrected chi connectivity index (χ4v) is 3.05. The predicted octanol–water partition coefficient (Wildman–Crippen LogP) is 2.25. The molecule has 1 amide bonds. The molecule has 0 aliphatic carbocycles. The number of hydrogen-bond acceptors (Lipinski definition) is 5. The summed E-state index contributed by atoms with van der Waals surface area (Å²) in [6, 6.07) is 7.67. The summed E-state index contributed by atoms with van der Waals surface area (Å²) in [6.07, 6.45) is 4.58. The van der Waals surface area contributed by atoms with Crippen molar-refractivity contribution in [2.75, 3.05) is 19.6 Å². The Morgan fingerprint density at radius 1 is 1.28 bits per heavy atom. The smallest absolute Gasteiger partial charge is 0.270 e. The molecule has 0 bridgehead atoms. The van der Waals surface area contributed by atoms with Crippen LogP contribution < -0.4 is 5.32 Å². The molecular formula is C19H25N5O. The van der Waals surface area contributed by atoms with Gasteiger partial charge in [-0.1, -0.05) is 19.9 Å². The Morgan fingerprint density at radius 2 is 2.16 bits per heavy atom. The second-order valence-corrected chi connectivity index (χ2v) is 6.88. The minimum Gasteiger partial charge on any atom is -0.350 e. The highest BCUT2D eigenvalue weighted by Crippen LogP contribution is 2.17. The van der Waals surface area contributed by atoms with E-state index in [0.29, 0.717) is 24.0 Å². The summed E-state index contributed by atoms with van der Waals surface area (Å²) >= 11 is 0. The van der Waals surface area contributed by atoms with Gasteiger partial charge in [0.2, 0.25) is 0 Å². The van der Waals surface area contributed by atoms with Crippen LogP contribution in [-0.2, 0) is 6.54 Å². The summed E-state index contributed by atoms with van der Waals surface area (Å²) in [5.74, 6) is 1.27. The quantitative estimate of drug-likeness (QED) is 0.874. The number of pyridine rings is 1. The molecule has 3 heterocycles. The van der Waals surface area contributed by atoms with Crippen LogP contribution in [0.4, 0.5) is 0 Å². The second kappa shape index (κ2) is 8.16. The Morgan fingerprint density at radius 3 is 2.92 bits per heavy atom. The van der Waals surface area contributed by atoms with E-state index in [1.807, 2.05) is 32.2 Å². The van der Waals surface area contributed by atoms with Gasteiger partial charge >= 0.3 is 0 Å². The number of rotatable bonds is 6. The molecule has 1 atom stereocenters. The molecule has 1 aliphatic heterocycles. The third-order valence-electron chi connectivity index (χ3n) is 4.46. The Balaban J connectivity index is 1.47. The molecule has 1 aliphatic rings. The highest BCUT2D eigenvalue weighted by atomic mass is 16.1. The highest BCUT2D eigenvalue weighted by molar-refractivity contribution is 5.92. The summed E-state index contributed by atoms with van der Waals surface area (Å²) < 4.78 is 0. The van der Waals surface area contributed by atoms with Gasteiger partial charge in [-0.25, -0.2) is 9.97 Å². The number of hydrogen-bond donors (Lipinski definition) is 1. The van der Waals surface area contributed by atoms with Crippen molar-refractivity contribution >= 4 is 5.91 Å². The van der Waals surface area contributed by atoms with Gasteiger partial charge in [-0.15, -0.1) is 0 Å². The van der Waals surface area contributed by atoms with Crippen molar-refractivity contribution in [1.29, 1.82) is 0 Å². The van der Waals surface area contributed by atoms with Crippen molar-refractivity contribution in [3.05, 3.63) is 53.9 Å². The first-order valence-electron chi connectivity index (χ1n) is 8.85. The average molecular weight is 339 g/mol. The van der Waals surface area contributed by atoms with Crippen LogP contribution in [0.15, 0.2) is 36.7 Å². The molecule has 1 saturated heterocycles. The maximum Gasteiger partial charge on any atom is 0.270 e. The zero-order valence-electron chi connectivity index (χ0n) is 14.9. The molecule has 1 fully saturated rings. The van der Waals surface area contributed by atoms with Gasteiger partial charge in [-0.3, -0.25) is 14.7 Å². The lowest BCUT2D eigenvalue weighted by Gasteiger charge is -2.16. The zero-order valence-corrected chi connectivity index (χ0v) is 14.9. The monoisotopic (exact) mass is 339 g/mol. The molecule has 132 valence electrons. The SMILES string of the molecule is CC(C)c1nccc(C(=O)NC[C@@H]2CCN(Cc3ccccn3)C2)n1. The summed E-state index contributed by atoms with van der Waals surface area (Å²) in [4.78, 5) is 27.6. The number of likely N-dealkylation sites (tertiary alicyclic amines) is 1. The van der Waals surface area contributed by atoms with Crippen LogP contribution in [0.1, 0.15) is 48.2 Å². The van der Waals surface area contributed by atoms with E-state index in [0.717, 1.165) is 31.7 Å². The lowest BCUT2D eigenvalue weighted by atomic mass is 10.1. The van der Waals surface area contributed by atoms with Gasteiger partial charge in [-0.05, 0) is 37.1 Å². The number of nitrogens with one attached hydrogen (secondary N) is 1. The summed E-state index contributed by atoms with van der Waals surface area (Å²) in [5, 5.41) is 3.02. The topological polar surface area (TPSA) is 71.0 Å². The Labute approximate surface area is 148 Å². The van der Waals surface area contributed by atoms with Gasteiger partial charge < -0.3 is 5.32 Å². The molecule has 0 radical (unpaired) electrons. The first-order valence-corrected chi connectivity index (χ1v) is 8.85. The number of amides is 1. The van der Waals surface area contributed by atoms with E-state index in [1.165, 1.54) is 0 Å². The molecule has 1 N–H and O–H groups in total. The minimum absolute atomic E-state index is 0.118. The molecule has 6 nitrogen and oxygen atoms in total. The molecule has 3 rings (SSSR count). The Hall–Kier alpha value is -2.34. The fraction of sp³-hybridized carbons (Fsp3) is 0.474. The van der Waals surface area contributed by atoms with E-state index < -0.39 is 0 Å². The van der Waals surface area contributed by atoms with Crippen molar-refractivity contribution in [1.82, 2.24) is 25.2 Å². The largest absolute Gasteiger partial charge is 0.350 e. The van der Waals surface area contributed by atoms with Crippen molar-refractivity contribution in [2.45, 2.75) is 32.7 Å². The highest BCUT2D eigenvalue weighted by Gasteiger charge is 2.23. The van der Waals surface area contributed by atoms with E-state index in [9.17, 15) is 4.79 Å². The second-order valence-electron chi connectivity index (χ2n) is 6.88. The van der Waals surface area contributed by atoms with Crippen LogP contribution in [0, 0.1) is 5.92 Å². The third-order valence-corrected chi connectivity index (χ3v) is 4.46. The van der Waals surface area contributed by atoms with Gasteiger partial charge in [0.05, 0.1) is 5.69 Å². The van der Waals surface area contributed by atoms with Crippen LogP contribution in [0.25, 0.3) is 0 Å². The maximum absolute atomic E-state index is 12.3. The van der Waals surface area contributed by atoms with Crippen LogP contribution in [0.2, 0.25) is 0 Å². The number of carbonyl (C=O) groups is 1. The van der Waals surface area contributed by atoms with Gasteiger partial charge in [0.1, 0.15) is 11.5 Å². The molecule has 0 saturated carbocycles. The van der Waals surface area contributed by atoms with E-state index >= 15 is 0 Å². The molecule has 25 heavy (non-hydrogen) atoms. The molecule has 0 aromatic carbocycles. The van der Waals surface area contributed by atoms with Gasteiger partial charge in [0, 0.05) is 37.9 Å². The minimum atomic E-state index is -0.118. The standard InChI is InChI=1S/C19H25N5O/c1-14(2)18-21-9-6-17(23-18)19(25)22-11-15-7-10-24(12-15)13-16-5-3-4-8-20-16/h3-6,8-9,14-15H,7,10-13H2,1-2H3,(H,22,25)/t15-/m0/s1. The van der Waals surface area contributed by atoms with E-state index in [4.69, 9.17) is 0 Å². The summed E-state index contributed by atoms with van der Waals surface area (Å²) in [6.45, 7) is 7.62. The first-order chi connectivity index (χ1) is 12.1. The molecule has 0 unspecified atom stereocenters. The van der Waals surface area contributed by atoms with Gasteiger partial charge in [-0.2, -0.15) is 0 Å². The summed E-state index contributed by atoms with van der Waals surface area (Å²) in [7, 11) is 0. The van der Waals surface area contributed by atoms with Crippen LogP contribution in [0.5, 0.6) is 0 Å². The number of nitrogens with zero attached hydrogens (tertiary/aromatic N) is 4. The third kappa shape index (κ3) is 4.82. The lowest BCUT2D eigenvalue weighted by Crippen LogP contribution is -2.31. The molecule has 2 aromatic rings. The fourth-order valence-electron chi connectivity index (χ4n) is 3.05. The van der Waals surface area contributed by atoms with Crippen LogP contribution >= 0.6 is 0 Å². The van der Waals surface area contributed by atoms with Crippen LogP contribution in [-0.4, -0.2) is 45.4 Å². The van der Waals surface area contributed by atoms with Crippen molar-refractivity contribution < 1.29 is 4.79 Å².